The van der Waals surface area contributed by atoms with E-state index in [1.165, 1.54) is 17.8 Å². The predicted molar refractivity (Wildman–Crippen MR) is 106 cm³/mol. The van der Waals surface area contributed by atoms with Crippen molar-refractivity contribution in [1.82, 2.24) is 0 Å². The molecule has 1 atom stereocenters. The first-order valence-corrected chi connectivity index (χ1v) is 12.0. The van der Waals surface area contributed by atoms with E-state index in [1.54, 1.807) is 0 Å². The minimum absolute atomic E-state index is 0.0630. The molecule has 1 fully saturated rings. The first kappa shape index (κ1) is 19.7. The maximum absolute atomic E-state index is 12.1. The first-order valence-electron chi connectivity index (χ1n) is 8.55. The van der Waals surface area contributed by atoms with E-state index >= 15 is 0 Å². The molecule has 1 saturated heterocycles. The summed E-state index contributed by atoms with van der Waals surface area (Å²) in [6, 6.07) is 14.0. The SMILES string of the molecule is CS(=O)(=O)c1cc(S(N)(=O)=O)ccc1NCC1CCN(c2ccccc2)C1. The van der Waals surface area contributed by atoms with Crippen LogP contribution in [0.1, 0.15) is 6.42 Å². The number of anilines is 2. The van der Waals surface area contributed by atoms with Crippen LogP contribution in [0.25, 0.3) is 0 Å². The molecule has 0 aromatic heterocycles. The minimum atomic E-state index is -3.97. The van der Waals surface area contributed by atoms with Gasteiger partial charge in [-0.3, -0.25) is 0 Å². The molecule has 2 aromatic carbocycles. The largest absolute Gasteiger partial charge is 0.384 e. The Hall–Kier alpha value is -2.10. The van der Waals surface area contributed by atoms with Crippen LogP contribution in [0.2, 0.25) is 0 Å². The van der Waals surface area contributed by atoms with Gasteiger partial charge in [0.25, 0.3) is 0 Å². The molecular formula is C18H23N3O4S2. The molecule has 27 heavy (non-hydrogen) atoms. The molecule has 1 heterocycles. The second-order valence-electron chi connectivity index (χ2n) is 6.79. The van der Waals surface area contributed by atoms with Crippen LogP contribution >= 0.6 is 0 Å². The number of hydrogen-bond donors (Lipinski definition) is 2. The summed E-state index contributed by atoms with van der Waals surface area (Å²) in [5.74, 6) is 0.357. The van der Waals surface area contributed by atoms with E-state index in [-0.39, 0.29) is 9.79 Å². The van der Waals surface area contributed by atoms with E-state index < -0.39 is 19.9 Å². The van der Waals surface area contributed by atoms with Crippen LogP contribution in [0, 0.1) is 5.92 Å². The topological polar surface area (TPSA) is 110 Å². The molecule has 3 rings (SSSR count). The minimum Gasteiger partial charge on any atom is -0.384 e. The van der Waals surface area contributed by atoms with Gasteiger partial charge in [-0.25, -0.2) is 22.0 Å². The van der Waals surface area contributed by atoms with Gasteiger partial charge in [-0.2, -0.15) is 0 Å². The lowest BCUT2D eigenvalue weighted by molar-refractivity contribution is 0.596. The predicted octanol–water partition coefficient (Wildman–Crippen LogP) is 1.68. The average molecular weight is 410 g/mol. The quantitative estimate of drug-likeness (QED) is 0.751. The second-order valence-corrected chi connectivity index (χ2v) is 10.3. The monoisotopic (exact) mass is 409 g/mol. The number of benzene rings is 2. The van der Waals surface area contributed by atoms with E-state index in [2.05, 4.69) is 22.3 Å². The molecule has 0 aliphatic carbocycles. The van der Waals surface area contributed by atoms with Crippen LogP contribution < -0.4 is 15.4 Å². The number of hydrogen-bond acceptors (Lipinski definition) is 6. The van der Waals surface area contributed by atoms with E-state index in [4.69, 9.17) is 5.14 Å². The number of nitrogens with one attached hydrogen (secondary N) is 1. The summed E-state index contributed by atoms with van der Waals surface area (Å²) in [6.45, 7) is 2.42. The van der Waals surface area contributed by atoms with Gasteiger partial charge in [-0.05, 0) is 42.7 Å². The smallest absolute Gasteiger partial charge is 0.238 e. The van der Waals surface area contributed by atoms with E-state index in [0.29, 0.717) is 18.2 Å². The molecule has 0 bridgehead atoms. The van der Waals surface area contributed by atoms with Crippen molar-refractivity contribution in [1.29, 1.82) is 0 Å². The molecule has 2 aromatic rings. The molecule has 0 amide bonds. The van der Waals surface area contributed by atoms with Crippen LogP contribution in [-0.2, 0) is 19.9 Å². The molecule has 0 spiro atoms. The maximum atomic E-state index is 12.1. The van der Waals surface area contributed by atoms with E-state index in [9.17, 15) is 16.8 Å². The lowest BCUT2D eigenvalue weighted by Crippen LogP contribution is -2.22. The molecule has 3 N–H and O–H groups in total. The molecule has 146 valence electrons. The Kier molecular flexibility index (Phi) is 5.45. The summed E-state index contributed by atoms with van der Waals surface area (Å²) in [6.07, 6.45) is 2.04. The van der Waals surface area contributed by atoms with Crippen molar-refractivity contribution < 1.29 is 16.8 Å². The van der Waals surface area contributed by atoms with Crippen LogP contribution in [0.5, 0.6) is 0 Å². The Balaban J connectivity index is 1.73. The highest BCUT2D eigenvalue weighted by Gasteiger charge is 2.24. The third-order valence-electron chi connectivity index (χ3n) is 4.67. The third kappa shape index (κ3) is 4.79. The number of para-hydroxylation sites is 1. The molecule has 7 nitrogen and oxygen atoms in total. The fourth-order valence-corrected chi connectivity index (χ4v) is 4.75. The molecule has 1 aliphatic rings. The van der Waals surface area contributed by atoms with Crippen molar-refractivity contribution in [3.05, 3.63) is 48.5 Å². The Morgan fingerprint density at radius 3 is 2.44 bits per heavy atom. The summed E-state index contributed by atoms with van der Waals surface area (Å²) in [5, 5.41) is 8.29. The number of sulfonamides is 1. The Bertz CT molecular complexity index is 1020. The molecule has 0 saturated carbocycles. The third-order valence-corrected chi connectivity index (χ3v) is 6.72. The van der Waals surface area contributed by atoms with Crippen molar-refractivity contribution in [2.24, 2.45) is 11.1 Å². The number of nitrogens with zero attached hydrogens (tertiary/aromatic N) is 1. The van der Waals surface area contributed by atoms with Gasteiger partial charge in [0.05, 0.1) is 15.5 Å². The average Bonchev–Trinajstić information content (AvgIpc) is 3.08. The molecule has 1 unspecified atom stereocenters. The fraction of sp³-hybridized carbons (Fsp3) is 0.333. The van der Waals surface area contributed by atoms with E-state index in [0.717, 1.165) is 31.8 Å². The zero-order valence-electron chi connectivity index (χ0n) is 15.0. The van der Waals surface area contributed by atoms with Gasteiger partial charge in [-0.15, -0.1) is 0 Å². The molecule has 9 heteroatoms. The highest BCUT2D eigenvalue weighted by Crippen LogP contribution is 2.27. The van der Waals surface area contributed by atoms with Crippen molar-refractivity contribution in [2.75, 3.05) is 36.1 Å². The van der Waals surface area contributed by atoms with Crippen LogP contribution in [0.3, 0.4) is 0 Å². The van der Waals surface area contributed by atoms with Gasteiger partial charge in [0.2, 0.25) is 10.0 Å². The van der Waals surface area contributed by atoms with Gasteiger partial charge < -0.3 is 10.2 Å². The zero-order chi connectivity index (χ0) is 19.7. The van der Waals surface area contributed by atoms with Gasteiger partial charge in [0.1, 0.15) is 0 Å². The van der Waals surface area contributed by atoms with Crippen LogP contribution in [0.15, 0.2) is 58.3 Å². The summed E-state index contributed by atoms with van der Waals surface area (Å²) < 4.78 is 47.2. The first-order chi connectivity index (χ1) is 12.6. The molecule has 1 aliphatic heterocycles. The lowest BCUT2D eigenvalue weighted by atomic mass is 10.1. The van der Waals surface area contributed by atoms with Crippen molar-refractivity contribution in [3.8, 4) is 0 Å². The zero-order valence-corrected chi connectivity index (χ0v) is 16.6. The fourth-order valence-electron chi connectivity index (χ4n) is 3.26. The van der Waals surface area contributed by atoms with Crippen molar-refractivity contribution in [2.45, 2.75) is 16.2 Å². The number of sulfone groups is 1. The molecule has 0 radical (unpaired) electrons. The number of nitrogens with two attached hydrogens (primary N) is 1. The highest BCUT2D eigenvalue weighted by molar-refractivity contribution is 7.91. The maximum Gasteiger partial charge on any atom is 0.238 e. The Labute approximate surface area is 160 Å². The Morgan fingerprint density at radius 1 is 1.11 bits per heavy atom. The van der Waals surface area contributed by atoms with Crippen LogP contribution in [0.4, 0.5) is 11.4 Å². The summed E-state index contributed by atoms with van der Waals surface area (Å²) in [4.78, 5) is 2.02. The standard InChI is InChI=1S/C18H23N3O4S2/c1-26(22,23)18-11-16(27(19,24)25)7-8-17(18)20-12-14-9-10-21(13-14)15-5-3-2-4-6-15/h2-8,11,14,20H,9-10,12-13H2,1H3,(H2,19,24,25). The second kappa shape index (κ2) is 7.49. The van der Waals surface area contributed by atoms with Crippen molar-refractivity contribution in [3.63, 3.8) is 0 Å². The summed E-state index contributed by atoms with van der Waals surface area (Å²) >= 11 is 0. The normalized spacial score (nSPS) is 17.9. The summed E-state index contributed by atoms with van der Waals surface area (Å²) in [5.41, 5.74) is 1.57. The van der Waals surface area contributed by atoms with Crippen molar-refractivity contribution >= 4 is 31.2 Å². The Morgan fingerprint density at radius 2 is 1.81 bits per heavy atom. The summed E-state index contributed by atoms with van der Waals surface area (Å²) in [7, 11) is -7.58. The van der Waals surface area contributed by atoms with Gasteiger partial charge in [0.15, 0.2) is 9.84 Å². The van der Waals surface area contributed by atoms with Crippen LogP contribution in [-0.4, -0.2) is 42.7 Å². The van der Waals surface area contributed by atoms with E-state index in [1.807, 2.05) is 18.2 Å². The highest BCUT2D eigenvalue weighted by atomic mass is 32.2. The molecular weight excluding hydrogens is 386 g/mol. The van der Waals surface area contributed by atoms with Gasteiger partial charge in [0, 0.05) is 31.6 Å². The number of primary sulfonamides is 1. The number of rotatable bonds is 6. The van der Waals surface area contributed by atoms with Gasteiger partial charge >= 0.3 is 0 Å². The van der Waals surface area contributed by atoms with Gasteiger partial charge in [-0.1, -0.05) is 18.2 Å². The lowest BCUT2D eigenvalue weighted by Gasteiger charge is -2.19.